The van der Waals surface area contributed by atoms with Gasteiger partial charge in [0.1, 0.15) is 12.3 Å². The van der Waals surface area contributed by atoms with Gasteiger partial charge in [0.2, 0.25) is 15.9 Å². The number of hydrogen-bond donors (Lipinski definition) is 1. The molecule has 0 aliphatic carbocycles. The van der Waals surface area contributed by atoms with Gasteiger partial charge in [-0.25, -0.2) is 8.42 Å². The quantitative estimate of drug-likeness (QED) is 0.674. The molecule has 0 spiro atoms. The molecule has 1 N–H and O–H groups in total. The van der Waals surface area contributed by atoms with Crippen LogP contribution in [-0.4, -0.2) is 34.2 Å². The van der Waals surface area contributed by atoms with Gasteiger partial charge < -0.3 is 10.1 Å². The van der Waals surface area contributed by atoms with Crippen LogP contribution in [0.3, 0.4) is 0 Å². The summed E-state index contributed by atoms with van der Waals surface area (Å²) in [5.74, 6) is 0.396. The summed E-state index contributed by atoms with van der Waals surface area (Å²) in [6.07, 6.45) is 1.84. The van der Waals surface area contributed by atoms with Crippen LogP contribution in [0, 0.1) is 12.8 Å². The molecule has 2 aromatic carbocycles. The van der Waals surface area contributed by atoms with Crippen molar-refractivity contribution in [2.45, 2.75) is 33.2 Å². The Morgan fingerprint density at radius 1 is 1.14 bits per heavy atom. The lowest BCUT2D eigenvalue weighted by Gasteiger charge is -2.26. The molecule has 1 atom stereocenters. The topological polar surface area (TPSA) is 75.7 Å². The van der Waals surface area contributed by atoms with Gasteiger partial charge in [-0.3, -0.25) is 9.10 Å². The first-order chi connectivity index (χ1) is 13.6. The molecule has 0 saturated heterocycles. The van der Waals surface area contributed by atoms with E-state index in [9.17, 15) is 13.2 Å². The normalized spacial score (nSPS) is 12.5. The van der Waals surface area contributed by atoms with Crippen molar-refractivity contribution in [3.05, 3.63) is 59.7 Å². The number of hydrogen-bond acceptors (Lipinski definition) is 4. The molecule has 6 nitrogen and oxygen atoms in total. The molecule has 1 amide bonds. The summed E-state index contributed by atoms with van der Waals surface area (Å²) in [5, 5.41) is 3.00. The summed E-state index contributed by atoms with van der Waals surface area (Å²) in [6, 6.07) is 14.7. The maximum Gasteiger partial charge on any atom is 0.241 e. The number of anilines is 1. The molecule has 2 rings (SSSR count). The van der Waals surface area contributed by atoms with E-state index in [0.717, 1.165) is 28.1 Å². The van der Waals surface area contributed by atoms with Crippen LogP contribution in [0.2, 0.25) is 0 Å². The van der Waals surface area contributed by atoms with E-state index in [4.69, 9.17) is 4.74 Å². The molecule has 0 radical (unpaired) electrons. The monoisotopic (exact) mass is 418 g/mol. The second-order valence-electron chi connectivity index (χ2n) is 7.61. The highest BCUT2D eigenvalue weighted by molar-refractivity contribution is 7.92. The number of rotatable bonds is 9. The van der Waals surface area contributed by atoms with E-state index >= 15 is 0 Å². The van der Waals surface area contributed by atoms with Gasteiger partial charge in [0.15, 0.2) is 0 Å². The van der Waals surface area contributed by atoms with Crippen LogP contribution < -0.4 is 14.4 Å². The SMILES string of the molecule is COc1ccc(C)cc1N(CC(=O)NC(CC(C)C)c1ccccc1)S(C)(=O)=O. The van der Waals surface area contributed by atoms with Gasteiger partial charge in [0.05, 0.1) is 25.1 Å². The highest BCUT2D eigenvalue weighted by atomic mass is 32.2. The maximum absolute atomic E-state index is 12.9. The minimum Gasteiger partial charge on any atom is -0.495 e. The number of ether oxygens (including phenoxy) is 1. The standard InChI is InChI=1S/C22H30N2O4S/c1-16(2)13-19(18-9-7-6-8-10-18)23-22(25)15-24(29(5,26)27)20-14-17(3)11-12-21(20)28-4/h6-12,14,16,19H,13,15H2,1-5H3,(H,23,25). The minimum absolute atomic E-state index is 0.190. The van der Waals surface area contributed by atoms with Crippen LogP contribution in [0.25, 0.3) is 0 Å². The first-order valence-corrected chi connectivity index (χ1v) is 11.4. The number of nitrogens with one attached hydrogen (secondary N) is 1. The highest BCUT2D eigenvalue weighted by Crippen LogP contribution is 2.31. The number of methoxy groups -OCH3 is 1. The molecular weight excluding hydrogens is 388 g/mol. The minimum atomic E-state index is -3.69. The van der Waals surface area contributed by atoms with E-state index in [1.807, 2.05) is 43.3 Å². The van der Waals surface area contributed by atoms with E-state index in [1.165, 1.54) is 7.11 Å². The molecule has 1 unspecified atom stereocenters. The predicted octanol–water partition coefficient (Wildman–Crippen LogP) is 3.67. The zero-order valence-corrected chi connectivity index (χ0v) is 18.5. The fourth-order valence-electron chi connectivity index (χ4n) is 3.18. The van der Waals surface area contributed by atoms with Crippen LogP contribution in [0.4, 0.5) is 5.69 Å². The van der Waals surface area contributed by atoms with Crippen molar-refractivity contribution >= 4 is 21.6 Å². The highest BCUT2D eigenvalue weighted by Gasteiger charge is 2.25. The van der Waals surface area contributed by atoms with Gasteiger partial charge in [-0.2, -0.15) is 0 Å². The van der Waals surface area contributed by atoms with Crippen molar-refractivity contribution < 1.29 is 17.9 Å². The van der Waals surface area contributed by atoms with Crippen LogP contribution in [0.1, 0.15) is 37.4 Å². The number of nitrogens with zero attached hydrogens (tertiary/aromatic N) is 1. The summed E-state index contributed by atoms with van der Waals surface area (Å²) in [5.41, 5.74) is 2.22. The van der Waals surface area contributed by atoms with Crippen LogP contribution >= 0.6 is 0 Å². The van der Waals surface area contributed by atoms with Gasteiger partial charge in [0.25, 0.3) is 0 Å². The molecule has 29 heavy (non-hydrogen) atoms. The molecule has 0 aliphatic rings. The van der Waals surface area contributed by atoms with Gasteiger partial charge in [0, 0.05) is 0 Å². The third kappa shape index (κ3) is 6.49. The summed E-state index contributed by atoms with van der Waals surface area (Å²) in [6.45, 7) is 5.71. The molecule has 0 heterocycles. The summed E-state index contributed by atoms with van der Waals surface area (Å²) in [4.78, 5) is 12.9. The summed E-state index contributed by atoms with van der Waals surface area (Å²) in [7, 11) is -2.22. The third-order valence-electron chi connectivity index (χ3n) is 4.53. The van der Waals surface area contributed by atoms with E-state index in [-0.39, 0.29) is 18.5 Å². The molecule has 158 valence electrons. The Kier molecular flexibility index (Phi) is 7.67. The lowest BCUT2D eigenvalue weighted by molar-refractivity contribution is -0.120. The van der Waals surface area contributed by atoms with Crippen LogP contribution in [0.15, 0.2) is 48.5 Å². The van der Waals surface area contributed by atoms with Crippen molar-refractivity contribution in [2.24, 2.45) is 5.92 Å². The Balaban J connectivity index is 2.29. The Morgan fingerprint density at radius 3 is 2.34 bits per heavy atom. The van der Waals surface area contributed by atoms with Crippen molar-refractivity contribution in [2.75, 3.05) is 24.2 Å². The third-order valence-corrected chi connectivity index (χ3v) is 5.66. The molecular formula is C22H30N2O4S. The first-order valence-electron chi connectivity index (χ1n) is 9.58. The van der Waals surface area contributed by atoms with E-state index in [1.54, 1.807) is 12.1 Å². The smallest absolute Gasteiger partial charge is 0.241 e. The van der Waals surface area contributed by atoms with Crippen LogP contribution in [0.5, 0.6) is 5.75 Å². The lowest BCUT2D eigenvalue weighted by atomic mass is 9.97. The Bertz CT molecular complexity index is 927. The van der Waals surface area contributed by atoms with Gasteiger partial charge in [-0.05, 0) is 42.5 Å². The van der Waals surface area contributed by atoms with Crippen LogP contribution in [-0.2, 0) is 14.8 Å². The van der Waals surface area contributed by atoms with E-state index < -0.39 is 10.0 Å². The Morgan fingerprint density at radius 2 is 1.79 bits per heavy atom. The second-order valence-corrected chi connectivity index (χ2v) is 9.51. The molecule has 0 aromatic heterocycles. The summed E-state index contributed by atoms with van der Waals surface area (Å²) < 4.78 is 31.4. The number of sulfonamides is 1. The Labute approximate surface area is 173 Å². The molecule has 2 aromatic rings. The number of carbonyl (C=O) groups is 1. The molecule has 0 fully saturated rings. The molecule has 0 saturated carbocycles. The molecule has 0 aliphatic heterocycles. The van der Waals surface area contributed by atoms with E-state index in [0.29, 0.717) is 17.4 Å². The number of benzene rings is 2. The maximum atomic E-state index is 12.9. The van der Waals surface area contributed by atoms with Gasteiger partial charge >= 0.3 is 0 Å². The largest absolute Gasteiger partial charge is 0.495 e. The zero-order valence-electron chi connectivity index (χ0n) is 17.7. The van der Waals surface area contributed by atoms with Crippen molar-refractivity contribution in [3.8, 4) is 5.75 Å². The summed E-state index contributed by atoms with van der Waals surface area (Å²) >= 11 is 0. The zero-order chi connectivity index (χ0) is 21.6. The number of aryl methyl sites for hydroxylation is 1. The second kappa shape index (κ2) is 9.78. The van der Waals surface area contributed by atoms with E-state index in [2.05, 4.69) is 19.2 Å². The number of amides is 1. The fraction of sp³-hybridized carbons (Fsp3) is 0.409. The van der Waals surface area contributed by atoms with Gasteiger partial charge in [-0.1, -0.05) is 50.2 Å². The Hall–Kier alpha value is -2.54. The first kappa shape index (κ1) is 22.7. The van der Waals surface area contributed by atoms with Crippen molar-refractivity contribution in [1.82, 2.24) is 5.32 Å². The lowest BCUT2D eigenvalue weighted by Crippen LogP contribution is -2.42. The number of carbonyl (C=O) groups excluding carboxylic acids is 1. The fourth-order valence-corrected chi connectivity index (χ4v) is 4.03. The van der Waals surface area contributed by atoms with Crippen molar-refractivity contribution in [1.29, 1.82) is 0 Å². The molecule has 0 bridgehead atoms. The van der Waals surface area contributed by atoms with Gasteiger partial charge in [-0.15, -0.1) is 0 Å². The average molecular weight is 419 g/mol. The predicted molar refractivity (Wildman–Crippen MR) is 117 cm³/mol. The average Bonchev–Trinajstić information content (AvgIpc) is 2.65. The van der Waals surface area contributed by atoms with Crippen molar-refractivity contribution in [3.63, 3.8) is 0 Å². The molecule has 7 heteroatoms.